The van der Waals surface area contributed by atoms with Crippen LogP contribution in [0.2, 0.25) is 0 Å². The maximum atomic E-state index is 10.8. The van der Waals surface area contributed by atoms with Gasteiger partial charge in [0, 0.05) is 18.7 Å². The molecule has 2 heteroatoms. The minimum absolute atomic E-state index is 0.0131. The van der Waals surface area contributed by atoms with Crippen molar-refractivity contribution in [2.75, 3.05) is 5.88 Å². The molecule has 0 amide bonds. The molecule has 0 atom stereocenters. The summed E-state index contributed by atoms with van der Waals surface area (Å²) in [5, 5.41) is 0. The van der Waals surface area contributed by atoms with Crippen LogP contribution in [0.1, 0.15) is 32.6 Å². The number of rotatable bonds is 4. The quantitative estimate of drug-likeness (QED) is 0.362. The predicted molar refractivity (Wildman–Crippen MR) is 47.6 cm³/mol. The van der Waals surface area contributed by atoms with Gasteiger partial charge in [0.1, 0.15) is 0 Å². The van der Waals surface area contributed by atoms with E-state index in [2.05, 4.69) is 11.8 Å². The summed E-state index contributed by atoms with van der Waals surface area (Å²) in [5.74, 6) is 5.93. The number of Topliss-reactive ketones (excluding diaryl/α,β-unsaturated/α-hetero) is 1. The molecular formula is C9H13ClO. The zero-order valence-corrected chi connectivity index (χ0v) is 7.58. The Hall–Kier alpha value is -0.480. The van der Waals surface area contributed by atoms with Gasteiger partial charge in [-0.2, -0.15) is 0 Å². The van der Waals surface area contributed by atoms with Gasteiger partial charge < -0.3 is 0 Å². The van der Waals surface area contributed by atoms with E-state index < -0.39 is 0 Å². The lowest BCUT2D eigenvalue weighted by Crippen LogP contribution is -1.92. The SMILES string of the molecule is CCCC#CC(=O)CCCCl. The summed E-state index contributed by atoms with van der Waals surface area (Å²) in [5.41, 5.74) is 0. The summed E-state index contributed by atoms with van der Waals surface area (Å²) >= 11 is 5.41. The summed E-state index contributed by atoms with van der Waals surface area (Å²) in [4.78, 5) is 10.8. The average Bonchev–Trinajstić information content (AvgIpc) is 2.01. The van der Waals surface area contributed by atoms with Crippen molar-refractivity contribution in [1.82, 2.24) is 0 Å². The third-order valence-corrected chi connectivity index (χ3v) is 1.41. The van der Waals surface area contributed by atoms with Crippen molar-refractivity contribution in [3.8, 4) is 11.8 Å². The van der Waals surface area contributed by atoms with E-state index in [1.807, 2.05) is 6.92 Å². The molecule has 0 aliphatic carbocycles. The van der Waals surface area contributed by atoms with Gasteiger partial charge in [0.2, 0.25) is 5.78 Å². The molecule has 0 aliphatic heterocycles. The Morgan fingerprint density at radius 3 is 2.82 bits per heavy atom. The molecule has 0 aromatic rings. The van der Waals surface area contributed by atoms with Crippen molar-refractivity contribution < 1.29 is 4.79 Å². The Bertz CT molecular complexity index is 164. The van der Waals surface area contributed by atoms with Crippen molar-refractivity contribution >= 4 is 17.4 Å². The normalized spacial score (nSPS) is 8.55. The van der Waals surface area contributed by atoms with Crippen LogP contribution in [0.25, 0.3) is 0 Å². The van der Waals surface area contributed by atoms with E-state index in [0.717, 1.165) is 19.3 Å². The zero-order valence-electron chi connectivity index (χ0n) is 6.82. The number of halogens is 1. The lowest BCUT2D eigenvalue weighted by atomic mass is 10.2. The minimum atomic E-state index is 0.0131. The summed E-state index contributed by atoms with van der Waals surface area (Å²) < 4.78 is 0. The monoisotopic (exact) mass is 172 g/mol. The van der Waals surface area contributed by atoms with E-state index in [9.17, 15) is 4.79 Å². The van der Waals surface area contributed by atoms with E-state index in [0.29, 0.717) is 12.3 Å². The van der Waals surface area contributed by atoms with Gasteiger partial charge in [-0.1, -0.05) is 12.8 Å². The number of carbonyl (C=O) groups excluding carboxylic acids is 1. The van der Waals surface area contributed by atoms with Crippen molar-refractivity contribution in [3.63, 3.8) is 0 Å². The zero-order chi connectivity index (χ0) is 8.53. The molecule has 0 spiro atoms. The van der Waals surface area contributed by atoms with Gasteiger partial charge in [0.25, 0.3) is 0 Å². The summed E-state index contributed by atoms with van der Waals surface area (Å²) in [6.45, 7) is 2.04. The molecule has 1 nitrogen and oxygen atoms in total. The second-order valence-electron chi connectivity index (χ2n) is 2.27. The van der Waals surface area contributed by atoms with Crippen LogP contribution in [0.4, 0.5) is 0 Å². The molecule has 0 unspecified atom stereocenters. The lowest BCUT2D eigenvalue weighted by Gasteiger charge is -1.86. The van der Waals surface area contributed by atoms with Crippen LogP contribution >= 0.6 is 11.6 Å². The predicted octanol–water partition coefficient (Wildman–Crippen LogP) is 2.38. The molecular weight excluding hydrogens is 160 g/mol. The fourth-order valence-electron chi connectivity index (χ4n) is 0.576. The van der Waals surface area contributed by atoms with Crippen LogP contribution in [0.5, 0.6) is 0 Å². The molecule has 0 aromatic heterocycles. The van der Waals surface area contributed by atoms with Crippen molar-refractivity contribution in [2.24, 2.45) is 0 Å². The summed E-state index contributed by atoms with van der Waals surface area (Å²) in [6, 6.07) is 0. The van der Waals surface area contributed by atoms with Crippen LogP contribution in [-0.2, 0) is 4.79 Å². The number of ketones is 1. The second-order valence-corrected chi connectivity index (χ2v) is 2.65. The minimum Gasteiger partial charge on any atom is -0.285 e. The van der Waals surface area contributed by atoms with Gasteiger partial charge in [-0.05, 0) is 18.8 Å². The molecule has 0 heterocycles. The van der Waals surface area contributed by atoms with E-state index in [-0.39, 0.29) is 5.78 Å². The molecule has 0 N–H and O–H groups in total. The molecule has 0 aliphatic rings. The van der Waals surface area contributed by atoms with Crippen LogP contribution in [0.3, 0.4) is 0 Å². The van der Waals surface area contributed by atoms with Crippen molar-refractivity contribution in [1.29, 1.82) is 0 Å². The standard InChI is InChI=1S/C9H13ClO/c1-2-3-4-6-9(11)7-5-8-10/h2-3,5,7-8H2,1H3. The largest absolute Gasteiger partial charge is 0.285 e. The Morgan fingerprint density at radius 1 is 1.55 bits per heavy atom. The Morgan fingerprint density at radius 2 is 2.27 bits per heavy atom. The molecule has 0 saturated carbocycles. The highest BCUT2D eigenvalue weighted by Gasteiger charge is 1.93. The van der Waals surface area contributed by atoms with Crippen LogP contribution in [0.15, 0.2) is 0 Å². The molecule has 0 radical (unpaired) electrons. The smallest absolute Gasteiger partial charge is 0.205 e. The summed E-state index contributed by atoms with van der Waals surface area (Å²) in [7, 11) is 0. The van der Waals surface area contributed by atoms with Crippen LogP contribution < -0.4 is 0 Å². The van der Waals surface area contributed by atoms with Gasteiger partial charge in [-0.15, -0.1) is 11.6 Å². The summed E-state index contributed by atoms with van der Waals surface area (Å²) in [6.07, 6.45) is 3.06. The number of hydrogen-bond donors (Lipinski definition) is 0. The third kappa shape index (κ3) is 7.42. The molecule has 0 rings (SSSR count). The Balaban J connectivity index is 3.45. The Kier molecular flexibility index (Phi) is 7.29. The lowest BCUT2D eigenvalue weighted by molar-refractivity contribution is -0.113. The maximum Gasteiger partial charge on any atom is 0.205 e. The topological polar surface area (TPSA) is 17.1 Å². The first-order valence-corrected chi connectivity index (χ1v) is 4.42. The van der Waals surface area contributed by atoms with Crippen molar-refractivity contribution in [2.45, 2.75) is 32.6 Å². The maximum absolute atomic E-state index is 10.8. The number of hydrogen-bond acceptors (Lipinski definition) is 1. The van der Waals surface area contributed by atoms with Crippen molar-refractivity contribution in [3.05, 3.63) is 0 Å². The number of carbonyl (C=O) groups is 1. The first-order chi connectivity index (χ1) is 5.31. The fraction of sp³-hybridized carbons (Fsp3) is 0.667. The van der Waals surface area contributed by atoms with Gasteiger partial charge in [-0.25, -0.2) is 0 Å². The molecule has 62 valence electrons. The average molecular weight is 173 g/mol. The van der Waals surface area contributed by atoms with Gasteiger partial charge in [0.05, 0.1) is 0 Å². The third-order valence-electron chi connectivity index (χ3n) is 1.14. The fourth-order valence-corrected chi connectivity index (χ4v) is 0.710. The van der Waals surface area contributed by atoms with E-state index in [1.165, 1.54) is 0 Å². The highest BCUT2D eigenvalue weighted by molar-refractivity contribution is 6.18. The van der Waals surface area contributed by atoms with Gasteiger partial charge in [-0.3, -0.25) is 4.79 Å². The Labute approximate surface area is 73.1 Å². The number of alkyl halides is 1. The number of unbranched alkanes of at least 4 members (excludes halogenated alkanes) is 1. The molecule has 0 bridgehead atoms. The first-order valence-electron chi connectivity index (χ1n) is 3.89. The molecule has 0 aromatic carbocycles. The first kappa shape index (κ1) is 10.5. The van der Waals surface area contributed by atoms with Crippen LogP contribution in [0, 0.1) is 11.8 Å². The molecule has 0 saturated heterocycles. The van der Waals surface area contributed by atoms with Gasteiger partial charge >= 0.3 is 0 Å². The second kappa shape index (κ2) is 7.63. The molecule has 11 heavy (non-hydrogen) atoms. The van der Waals surface area contributed by atoms with Gasteiger partial charge in [0.15, 0.2) is 0 Å². The van der Waals surface area contributed by atoms with E-state index in [1.54, 1.807) is 0 Å². The van der Waals surface area contributed by atoms with E-state index in [4.69, 9.17) is 11.6 Å². The molecule has 0 fully saturated rings. The highest BCUT2D eigenvalue weighted by atomic mass is 35.5. The van der Waals surface area contributed by atoms with Crippen LogP contribution in [-0.4, -0.2) is 11.7 Å². The highest BCUT2D eigenvalue weighted by Crippen LogP contribution is 1.92. The van der Waals surface area contributed by atoms with E-state index >= 15 is 0 Å².